The summed E-state index contributed by atoms with van der Waals surface area (Å²) in [6.45, 7) is 4.67. The molecule has 0 radical (unpaired) electrons. The first kappa shape index (κ1) is 18.4. The minimum Gasteiger partial charge on any atom is -0.506 e. The number of phenolic OH excluding ortho intramolecular Hbond substituents is 1. The van der Waals surface area contributed by atoms with E-state index < -0.39 is 29.3 Å². The molecule has 8 heteroatoms. The van der Waals surface area contributed by atoms with Gasteiger partial charge in [0.05, 0.1) is 9.93 Å². The maximum Gasteiger partial charge on any atom is 0.326 e. The standard InChI is InChI=1S/C16H16ClNO5S/c1-16(2,3)23-13(20)8-18-14(21)12(24-15(18)22)7-9-4-5-11(19)10(17)6-9/h4-7,19H,8H2,1-3H3/b12-7-. The molecule has 1 aliphatic rings. The number of phenols is 1. The van der Waals surface area contributed by atoms with Crippen molar-refractivity contribution < 1.29 is 24.2 Å². The Morgan fingerprint density at radius 1 is 1.38 bits per heavy atom. The molecule has 6 nitrogen and oxygen atoms in total. The maximum absolute atomic E-state index is 12.3. The number of halogens is 1. The zero-order valence-corrected chi connectivity index (χ0v) is 14.9. The van der Waals surface area contributed by atoms with E-state index in [1.165, 1.54) is 18.2 Å². The number of carbonyl (C=O) groups is 3. The molecule has 1 heterocycles. The fraction of sp³-hybridized carbons (Fsp3) is 0.312. The van der Waals surface area contributed by atoms with Crippen LogP contribution < -0.4 is 0 Å². The monoisotopic (exact) mass is 369 g/mol. The Bertz CT molecular complexity index is 738. The van der Waals surface area contributed by atoms with Gasteiger partial charge in [-0.05, 0) is 56.3 Å². The Labute approximate surface area is 148 Å². The highest BCUT2D eigenvalue weighted by atomic mass is 35.5. The third-order valence-corrected chi connectivity index (χ3v) is 4.06. The molecule has 2 rings (SSSR count). The lowest BCUT2D eigenvalue weighted by Crippen LogP contribution is -2.37. The molecule has 0 spiro atoms. The van der Waals surface area contributed by atoms with Crippen LogP contribution in [0.25, 0.3) is 6.08 Å². The Hall–Kier alpha value is -1.99. The largest absolute Gasteiger partial charge is 0.506 e. The van der Waals surface area contributed by atoms with Crippen molar-refractivity contribution in [2.75, 3.05) is 6.54 Å². The van der Waals surface area contributed by atoms with E-state index in [0.29, 0.717) is 5.56 Å². The number of hydrogen-bond acceptors (Lipinski definition) is 6. The van der Waals surface area contributed by atoms with Crippen molar-refractivity contribution in [2.45, 2.75) is 26.4 Å². The predicted octanol–water partition coefficient (Wildman–Crippen LogP) is 3.42. The number of imide groups is 1. The van der Waals surface area contributed by atoms with Crippen LogP contribution >= 0.6 is 23.4 Å². The number of nitrogens with zero attached hydrogens (tertiary/aromatic N) is 1. The first-order chi connectivity index (χ1) is 11.1. The second-order valence-electron chi connectivity index (χ2n) is 6.07. The van der Waals surface area contributed by atoms with E-state index in [-0.39, 0.29) is 15.7 Å². The van der Waals surface area contributed by atoms with E-state index in [1.54, 1.807) is 26.8 Å². The molecule has 1 aromatic carbocycles. The fourth-order valence-corrected chi connectivity index (χ4v) is 2.93. The van der Waals surface area contributed by atoms with Crippen molar-refractivity contribution in [3.8, 4) is 5.75 Å². The average Bonchev–Trinajstić information content (AvgIpc) is 2.69. The van der Waals surface area contributed by atoms with Crippen LogP contribution in [0.4, 0.5) is 4.79 Å². The third kappa shape index (κ3) is 4.52. The minimum absolute atomic E-state index is 0.0770. The minimum atomic E-state index is -0.697. The van der Waals surface area contributed by atoms with Crippen molar-refractivity contribution in [1.29, 1.82) is 0 Å². The number of ether oxygens (including phenoxy) is 1. The summed E-state index contributed by atoms with van der Waals surface area (Å²) in [6, 6.07) is 4.42. The van der Waals surface area contributed by atoms with Crippen LogP contribution in [0, 0.1) is 0 Å². The SMILES string of the molecule is CC(C)(C)OC(=O)CN1C(=O)S/C(=C\c2ccc(O)c(Cl)c2)C1=O. The number of amides is 2. The molecule has 24 heavy (non-hydrogen) atoms. The predicted molar refractivity (Wildman–Crippen MR) is 91.6 cm³/mol. The third-order valence-electron chi connectivity index (χ3n) is 2.85. The molecule has 0 unspecified atom stereocenters. The molecule has 1 aliphatic heterocycles. The van der Waals surface area contributed by atoms with E-state index in [4.69, 9.17) is 16.3 Å². The van der Waals surface area contributed by atoms with Gasteiger partial charge in [0, 0.05) is 0 Å². The number of carbonyl (C=O) groups excluding carboxylic acids is 3. The quantitative estimate of drug-likeness (QED) is 0.649. The number of esters is 1. The van der Waals surface area contributed by atoms with Crippen LogP contribution in [-0.4, -0.2) is 39.3 Å². The molecule has 0 aromatic heterocycles. The van der Waals surface area contributed by atoms with Crippen molar-refractivity contribution in [3.05, 3.63) is 33.7 Å². The lowest BCUT2D eigenvalue weighted by molar-refractivity contribution is -0.156. The fourth-order valence-electron chi connectivity index (χ4n) is 1.90. The molecule has 0 aliphatic carbocycles. The van der Waals surface area contributed by atoms with Gasteiger partial charge < -0.3 is 9.84 Å². The van der Waals surface area contributed by atoms with Crippen LogP contribution in [0.5, 0.6) is 5.75 Å². The molecule has 0 bridgehead atoms. The Morgan fingerprint density at radius 2 is 2.04 bits per heavy atom. The van der Waals surface area contributed by atoms with Crippen molar-refractivity contribution >= 4 is 46.6 Å². The molecule has 1 fully saturated rings. The Balaban J connectivity index is 2.14. The van der Waals surface area contributed by atoms with Gasteiger partial charge in [0.15, 0.2) is 0 Å². The zero-order valence-electron chi connectivity index (χ0n) is 13.3. The number of benzene rings is 1. The van der Waals surface area contributed by atoms with Crippen molar-refractivity contribution in [3.63, 3.8) is 0 Å². The van der Waals surface area contributed by atoms with Gasteiger partial charge in [0.1, 0.15) is 17.9 Å². The highest BCUT2D eigenvalue weighted by molar-refractivity contribution is 8.18. The topological polar surface area (TPSA) is 83.9 Å². The Kier molecular flexibility index (Phi) is 5.25. The highest BCUT2D eigenvalue weighted by Crippen LogP contribution is 2.33. The van der Waals surface area contributed by atoms with Gasteiger partial charge in [-0.25, -0.2) is 0 Å². The molecule has 1 N–H and O–H groups in total. The van der Waals surface area contributed by atoms with E-state index in [9.17, 15) is 19.5 Å². The lowest BCUT2D eigenvalue weighted by atomic mass is 10.2. The summed E-state index contributed by atoms with van der Waals surface area (Å²) in [5.74, 6) is -1.30. The summed E-state index contributed by atoms with van der Waals surface area (Å²) in [5.41, 5.74) is -0.141. The van der Waals surface area contributed by atoms with Gasteiger partial charge in [-0.15, -0.1) is 0 Å². The highest BCUT2D eigenvalue weighted by Gasteiger charge is 2.37. The first-order valence-corrected chi connectivity index (χ1v) is 8.22. The molecule has 0 atom stereocenters. The molecule has 2 amide bonds. The summed E-state index contributed by atoms with van der Waals surface area (Å²) in [5, 5.41) is 8.99. The van der Waals surface area contributed by atoms with Gasteiger partial charge in [-0.2, -0.15) is 0 Å². The summed E-state index contributed by atoms with van der Waals surface area (Å²) >= 11 is 6.55. The van der Waals surface area contributed by atoms with E-state index in [2.05, 4.69) is 0 Å². The zero-order chi connectivity index (χ0) is 18.1. The van der Waals surface area contributed by atoms with Crippen molar-refractivity contribution in [2.24, 2.45) is 0 Å². The van der Waals surface area contributed by atoms with Gasteiger partial charge in [-0.3, -0.25) is 19.3 Å². The molecular formula is C16H16ClNO5S. The molecule has 1 aromatic rings. The van der Waals surface area contributed by atoms with Crippen LogP contribution in [0.3, 0.4) is 0 Å². The molecule has 128 valence electrons. The second kappa shape index (κ2) is 6.86. The maximum atomic E-state index is 12.3. The summed E-state index contributed by atoms with van der Waals surface area (Å²) < 4.78 is 5.12. The molecule has 0 saturated carbocycles. The number of rotatable bonds is 3. The number of thioether (sulfide) groups is 1. The van der Waals surface area contributed by atoms with Gasteiger partial charge in [-0.1, -0.05) is 17.7 Å². The second-order valence-corrected chi connectivity index (χ2v) is 7.47. The van der Waals surface area contributed by atoms with Crippen LogP contribution in [0.2, 0.25) is 5.02 Å². The lowest BCUT2D eigenvalue weighted by Gasteiger charge is -2.21. The first-order valence-electron chi connectivity index (χ1n) is 7.02. The Morgan fingerprint density at radius 3 is 2.62 bits per heavy atom. The van der Waals surface area contributed by atoms with Crippen molar-refractivity contribution in [1.82, 2.24) is 4.90 Å². The van der Waals surface area contributed by atoms with Gasteiger partial charge >= 0.3 is 5.97 Å². The van der Waals surface area contributed by atoms with Gasteiger partial charge in [0.25, 0.3) is 11.1 Å². The average molecular weight is 370 g/mol. The van der Waals surface area contributed by atoms with E-state index in [1.807, 2.05) is 0 Å². The molecule has 1 saturated heterocycles. The van der Waals surface area contributed by atoms with Gasteiger partial charge in [0.2, 0.25) is 0 Å². The smallest absolute Gasteiger partial charge is 0.326 e. The van der Waals surface area contributed by atoms with E-state index in [0.717, 1.165) is 16.7 Å². The normalized spacial score (nSPS) is 16.8. The van der Waals surface area contributed by atoms with Crippen LogP contribution in [-0.2, 0) is 14.3 Å². The number of aromatic hydroxyl groups is 1. The van der Waals surface area contributed by atoms with E-state index >= 15 is 0 Å². The summed E-state index contributed by atoms with van der Waals surface area (Å²) in [7, 11) is 0. The van der Waals surface area contributed by atoms with Crippen LogP contribution in [0.15, 0.2) is 23.1 Å². The van der Waals surface area contributed by atoms with Crippen LogP contribution in [0.1, 0.15) is 26.3 Å². The molecular weight excluding hydrogens is 354 g/mol. The number of hydrogen-bond donors (Lipinski definition) is 1. The summed E-state index contributed by atoms with van der Waals surface area (Å²) in [6.07, 6.45) is 1.48. The summed E-state index contributed by atoms with van der Waals surface area (Å²) in [4.78, 5) is 37.1.